The first-order chi connectivity index (χ1) is 15.5. The number of carbonyl (C=O) groups excluding carboxylic acids is 1. The normalized spacial score (nSPS) is 11.1. The second-order valence-corrected chi connectivity index (χ2v) is 7.26. The number of fused-ring (bicyclic) bond motifs is 3. The topological polar surface area (TPSA) is 66.5 Å². The van der Waals surface area contributed by atoms with Crippen molar-refractivity contribution in [3.63, 3.8) is 0 Å². The number of hydrogen-bond donors (Lipinski definition) is 0. The Labute approximate surface area is 188 Å². The van der Waals surface area contributed by atoms with Gasteiger partial charge in [0, 0.05) is 31.3 Å². The molecule has 3 aromatic rings. The monoisotopic (exact) mass is 439 g/mol. The van der Waals surface area contributed by atoms with E-state index >= 15 is 0 Å². The van der Waals surface area contributed by atoms with E-state index in [4.69, 9.17) is 18.9 Å². The van der Waals surface area contributed by atoms with E-state index in [0.717, 1.165) is 33.5 Å². The molecule has 170 valence electrons. The molecule has 0 heterocycles. The van der Waals surface area contributed by atoms with Crippen LogP contribution in [0.15, 0.2) is 42.6 Å². The molecule has 0 aromatic heterocycles. The second kappa shape index (κ2) is 10.1. The molecule has 0 saturated heterocycles. The smallest absolute Gasteiger partial charge is 0.331 e. The van der Waals surface area contributed by atoms with Gasteiger partial charge in [0.15, 0.2) is 23.0 Å². The van der Waals surface area contributed by atoms with E-state index in [1.54, 1.807) is 34.6 Å². The molecule has 32 heavy (non-hydrogen) atoms. The molecule has 0 radical (unpaired) electrons. The molecule has 0 amide bonds. The SMILES string of the molecule is COC(=O)/C=C/N(C)CCc1cc(OC)c(OC)c2c1ccc1cc(OC)c(OC)cc12. The molecule has 7 nitrogen and oxygen atoms in total. The van der Waals surface area contributed by atoms with Crippen molar-refractivity contribution < 1.29 is 28.5 Å². The predicted molar refractivity (Wildman–Crippen MR) is 125 cm³/mol. The molecule has 0 N–H and O–H groups in total. The first-order valence-electron chi connectivity index (χ1n) is 10.2. The van der Waals surface area contributed by atoms with Crippen LogP contribution >= 0.6 is 0 Å². The van der Waals surface area contributed by atoms with Crippen LogP contribution in [-0.2, 0) is 16.0 Å². The maximum atomic E-state index is 11.4. The minimum Gasteiger partial charge on any atom is -0.493 e. The minimum absolute atomic E-state index is 0.385. The fourth-order valence-electron chi connectivity index (χ4n) is 3.78. The lowest BCUT2D eigenvalue weighted by Crippen LogP contribution is -2.15. The van der Waals surface area contributed by atoms with Gasteiger partial charge in [-0.2, -0.15) is 0 Å². The summed E-state index contributed by atoms with van der Waals surface area (Å²) in [4.78, 5) is 13.3. The molecule has 3 rings (SSSR count). The van der Waals surface area contributed by atoms with Gasteiger partial charge in [-0.05, 0) is 46.3 Å². The van der Waals surface area contributed by atoms with Crippen molar-refractivity contribution in [3.8, 4) is 23.0 Å². The Bertz CT molecular complexity index is 1150. The number of methoxy groups -OCH3 is 5. The van der Waals surface area contributed by atoms with Gasteiger partial charge in [0.05, 0.1) is 35.5 Å². The number of likely N-dealkylation sites (N-methyl/N-ethyl adjacent to an activating group) is 1. The highest BCUT2D eigenvalue weighted by atomic mass is 16.5. The molecule has 0 fully saturated rings. The molecule has 0 saturated carbocycles. The maximum absolute atomic E-state index is 11.4. The lowest BCUT2D eigenvalue weighted by atomic mass is 9.95. The summed E-state index contributed by atoms with van der Waals surface area (Å²) in [5.41, 5.74) is 1.10. The summed E-state index contributed by atoms with van der Waals surface area (Å²) in [6.07, 6.45) is 3.85. The average molecular weight is 440 g/mol. The van der Waals surface area contributed by atoms with Gasteiger partial charge in [-0.3, -0.25) is 0 Å². The van der Waals surface area contributed by atoms with Crippen molar-refractivity contribution in [2.45, 2.75) is 6.42 Å². The predicted octanol–water partition coefficient (Wildman–Crippen LogP) is 4.19. The van der Waals surface area contributed by atoms with Gasteiger partial charge in [-0.25, -0.2) is 4.79 Å². The third-order valence-electron chi connectivity index (χ3n) is 5.45. The Morgan fingerprint density at radius 2 is 1.56 bits per heavy atom. The maximum Gasteiger partial charge on any atom is 0.331 e. The Kier molecular flexibility index (Phi) is 7.30. The van der Waals surface area contributed by atoms with Gasteiger partial charge < -0.3 is 28.6 Å². The first-order valence-corrected chi connectivity index (χ1v) is 10.2. The number of rotatable bonds is 9. The summed E-state index contributed by atoms with van der Waals surface area (Å²) in [5, 5.41) is 4.00. The lowest BCUT2D eigenvalue weighted by Gasteiger charge is -2.19. The van der Waals surface area contributed by atoms with Crippen molar-refractivity contribution >= 4 is 27.5 Å². The quantitative estimate of drug-likeness (QED) is 0.281. The largest absolute Gasteiger partial charge is 0.493 e. The van der Waals surface area contributed by atoms with Crippen molar-refractivity contribution in [2.24, 2.45) is 0 Å². The van der Waals surface area contributed by atoms with Gasteiger partial charge in [0.25, 0.3) is 0 Å². The van der Waals surface area contributed by atoms with E-state index in [0.29, 0.717) is 29.5 Å². The van der Waals surface area contributed by atoms with Gasteiger partial charge in [-0.15, -0.1) is 0 Å². The molecule has 0 aliphatic carbocycles. The molecule has 0 atom stereocenters. The highest BCUT2D eigenvalue weighted by molar-refractivity contribution is 6.13. The number of ether oxygens (including phenoxy) is 5. The molecule has 3 aromatic carbocycles. The Hall–Kier alpha value is -3.61. The zero-order valence-electron chi connectivity index (χ0n) is 19.4. The molecule has 0 spiro atoms. The molecule has 0 unspecified atom stereocenters. The third-order valence-corrected chi connectivity index (χ3v) is 5.45. The highest BCUT2D eigenvalue weighted by Gasteiger charge is 2.18. The van der Waals surface area contributed by atoms with E-state index in [9.17, 15) is 4.79 Å². The Balaban J connectivity index is 2.14. The zero-order chi connectivity index (χ0) is 23.3. The fourth-order valence-corrected chi connectivity index (χ4v) is 3.78. The Morgan fingerprint density at radius 1 is 0.875 bits per heavy atom. The average Bonchev–Trinajstić information content (AvgIpc) is 2.83. The third kappa shape index (κ3) is 4.51. The van der Waals surface area contributed by atoms with E-state index in [2.05, 4.69) is 16.9 Å². The summed E-state index contributed by atoms with van der Waals surface area (Å²) in [6.45, 7) is 0.696. The van der Waals surface area contributed by atoms with Gasteiger partial charge in [0.2, 0.25) is 0 Å². The van der Waals surface area contributed by atoms with E-state index < -0.39 is 0 Å². The van der Waals surface area contributed by atoms with Gasteiger partial charge >= 0.3 is 5.97 Å². The van der Waals surface area contributed by atoms with Crippen molar-refractivity contribution in [2.75, 3.05) is 49.1 Å². The lowest BCUT2D eigenvalue weighted by molar-refractivity contribution is -0.134. The highest BCUT2D eigenvalue weighted by Crippen LogP contribution is 2.44. The van der Waals surface area contributed by atoms with E-state index in [1.807, 2.05) is 30.1 Å². The van der Waals surface area contributed by atoms with Crippen LogP contribution in [0.2, 0.25) is 0 Å². The van der Waals surface area contributed by atoms with Crippen molar-refractivity contribution in [1.82, 2.24) is 4.90 Å². The molecule has 7 heteroatoms. The first kappa shape index (κ1) is 23.1. The van der Waals surface area contributed by atoms with E-state index in [-0.39, 0.29) is 5.97 Å². The van der Waals surface area contributed by atoms with Crippen LogP contribution in [-0.4, -0.2) is 60.0 Å². The van der Waals surface area contributed by atoms with E-state index in [1.165, 1.54) is 13.2 Å². The Morgan fingerprint density at radius 3 is 2.19 bits per heavy atom. The number of nitrogens with zero attached hydrogens (tertiary/aromatic N) is 1. The van der Waals surface area contributed by atoms with Crippen molar-refractivity contribution in [3.05, 3.63) is 48.2 Å². The summed E-state index contributed by atoms with van der Waals surface area (Å²) in [5.74, 6) is 2.25. The van der Waals surface area contributed by atoms with Crippen LogP contribution in [0.3, 0.4) is 0 Å². The minimum atomic E-state index is -0.385. The van der Waals surface area contributed by atoms with Gasteiger partial charge in [0.1, 0.15) is 0 Å². The molecule has 0 bridgehead atoms. The van der Waals surface area contributed by atoms with Crippen LogP contribution in [0.25, 0.3) is 21.5 Å². The van der Waals surface area contributed by atoms with Crippen LogP contribution < -0.4 is 18.9 Å². The summed E-state index contributed by atoms with van der Waals surface area (Å²) >= 11 is 0. The van der Waals surface area contributed by atoms with Crippen LogP contribution in [0, 0.1) is 0 Å². The molecular formula is C25H29NO6. The van der Waals surface area contributed by atoms with Crippen LogP contribution in [0.4, 0.5) is 0 Å². The second-order valence-electron chi connectivity index (χ2n) is 7.26. The number of esters is 1. The molecule has 0 aliphatic rings. The van der Waals surface area contributed by atoms with Gasteiger partial charge in [-0.1, -0.05) is 12.1 Å². The summed E-state index contributed by atoms with van der Waals surface area (Å²) in [7, 11) is 9.79. The van der Waals surface area contributed by atoms with Crippen molar-refractivity contribution in [1.29, 1.82) is 0 Å². The number of hydrogen-bond acceptors (Lipinski definition) is 7. The zero-order valence-corrected chi connectivity index (χ0v) is 19.4. The molecule has 0 aliphatic heterocycles. The standard InChI is InChI=1S/C25H29NO6/c1-26(12-10-23(27)31-5)11-9-17-14-22(30-4)25(32-6)24-18(17)8-7-16-13-20(28-2)21(29-3)15-19(16)24/h7-8,10,12-15H,9,11H2,1-6H3/b12-10+. The number of benzene rings is 3. The van der Waals surface area contributed by atoms with Crippen LogP contribution in [0.5, 0.6) is 23.0 Å². The van der Waals surface area contributed by atoms with Crippen LogP contribution in [0.1, 0.15) is 5.56 Å². The summed E-state index contributed by atoms with van der Waals surface area (Å²) < 4.78 is 27.1. The fraction of sp³-hybridized carbons (Fsp3) is 0.320. The summed E-state index contributed by atoms with van der Waals surface area (Å²) in [6, 6.07) is 10.1. The molecular weight excluding hydrogens is 410 g/mol. The number of carbonyl (C=O) groups is 1.